The van der Waals surface area contributed by atoms with E-state index in [0.717, 1.165) is 64.6 Å². The standard InChI is InChI=1S/C24H29N3O3.C9H14N2O2.C5H8O.C4H10.C2H6.3C2H2.CH2O/c1-5-7-17(8-6-2)21-14-23(20-10-9-18(29-4)13-22(20)26-21)30-19-11-12-27(16-19)24(28)15-25-3;1-4-5-7(2)8(11-6-12)9(13)10-3;6-4-3-5-1-2-5;1-4(2)3;5*1-2/h5-10,13-14,19,25H,1,11-12,15-16H2,2-4H3;5-8H,1H2,2-3H3,(H,10,13)(H,11,12);4-5H,1-3H2;4H,1-3H3;1-2H3;3*1-2H;1H2/b8-6-,17-7+;;;;;;;;/t19-;7-,8?;;;;;;;/m10......./s1. The Hall–Kier alpha value is -6.64. The minimum atomic E-state index is -0.559. The highest BCUT2D eigenvalue weighted by Crippen LogP contribution is 2.33. The summed E-state index contributed by atoms with van der Waals surface area (Å²) in [6, 6.07) is 7.18. The van der Waals surface area contributed by atoms with E-state index in [0.29, 0.717) is 26.0 Å². The zero-order valence-corrected chi connectivity index (χ0v) is 39.5. The lowest BCUT2D eigenvalue weighted by Crippen LogP contribution is -2.45. The van der Waals surface area contributed by atoms with Gasteiger partial charge in [-0.1, -0.05) is 79.0 Å². The molecule has 4 rings (SSSR count). The summed E-state index contributed by atoms with van der Waals surface area (Å²) >= 11 is 0. The van der Waals surface area contributed by atoms with Crippen LogP contribution in [0.25, 0.3) is 16.5 Å². The van der Waals surface area contributed by atoms with E-state index >= 15 is 0 Å². The fourth-order valence-electron chi connectivity index (χ4n) is 5.04. The molecule has 0 spiro atoms. The summed E-state index contributed by atoms with van der Waals surface area (Å²) in [4.78, 5) is 57.9. The van der Waals surface area contributed by atoms with E-state index in [9.17, 15) is 19.2 Å². The summed E-state index contributed by atoms with van der Waals surface area (Å²) in [5.41, 5.74) is 5.11. The second-order valence-corrected chi connectivity index (χ2v) is 13.3. The fourth-order valence-corrected chi connectivity index (χ4v) is 5.04. The summed E-state index contributed by atoms with van der Waals surface area (Å²) in [6.07, 6.45) is 38.9. The van der Waals surface area contributed by atoms with Crippen LogP contribution in [0.2, 0.25) is 0 Å². The molecule has 12 nitrogen and oxygen atoms in total. The third-order valence-corrected chi connectivity index (χ3v) is 7.85. The molecule has 0 radical (unpaired) electrons. The molecule has 1 aromatic heterocycles. The first-order chi connectivity index (χ1) is 30.4. The van der Waals surface area contributed by atoms with E-state index in [-0.39, 0.29) is 23.8 Å². The first kappa shape index (κ1) is 65.5. The quantitative estimate of drug-likeness (QED) is 0.0709. The van der Waals surface area contributed by atoms with E-state index in [1.165, 1.54) is 19.9 Å². The van der Waals surface area contributed by atoms with Gasteiger partial charge in [0.2, 0.25) is 18.2 Å². The smallest absolute Gasteiger partial charge is 0.242 e. The Balaban J connectivity index is -0.000000280. The van der Waals surface area contributed by atoms with Crippen molar-refractivity contribution in [1.29, 1.82) is 0 Å². The maximum Gasteiger partial charge on any atom is 0.242 e. The van der Waals surface area contributed by atoms with Gasteiger partial charge in [-0.15, -0.1) is 44.3 Å². The number of rotatable bonds is 15. The predicted molar refractivity (Wildman–Crippen MR) is 263 cm³/mol. The number of allylic oxidation sites excluding steroid dienone is 5. The van der Waals surface area contributed by atoms with Crippen LogP contribution in [0.15, 0.2) is 73.5 Å². The summed E-state index contributed by atoms with van der Waals surface area (Å²) in [5, 5.41) is 8.72. The molecule has 1 aliphatic carbocycles. The second kappa shape index (κ2) is 44.9. The Morgan fingerprint density at radius 1 is 1.00 bits per heavy atom. The summed E-state index contributed by atoms with van der Waals surface area (Å²) in [6.45, 7) is 25.1. The molecule has 0 bridgehead atoms. The normalized spacial score (nSPS) is 13.6. The highest BCUT2D eigenvalue weighted by Gasteiger charge is 2.28. The Kier molecular flexibility index (Phi) is 46.7. The molecule has 12 heteroatoms. The Morgan fingerprint density at radius 3 is 2.02 bits per heavy atom. The number of aldehydes is 1. The third-order valence-electron chi connectivity index (χ3n) is 7.85. The molecule has 63 heavy (non-hydrogen) atoms. The van der Waals surface area contributed by atoms with Crippen molar-refractivity contribution in [3.8, 4) is 50.0 Å². The largest absolute Gasteiger partial charge is 0.497 e. The highest BCUT2D eigenvalue weighted by molar-refractivity contribution is 5.89. The number of methoxy groups -OCH3 is 1. The van der Waals surface area contributed by atoms with Crippen molar-refractivity contribution in [3.05, 3.63) is 79.2 Å². The second-order valence-electron chi connectivity index (χ2n) is 13.3. The van der Waals surface area contributed by atoms with Gasteiger partial charge in [-0.3, -0.25) is 14.4 Å². The van der Waals surface area contributed by atoms with Crippen molar-refractivity contribution in [2.45, 2.75) is 86.3 Å². The van der Waals surface area contributed by atoms with Crippen LogP contribution in [-0.2, 0) is 24.0 Å². The van der Waals surface area contributed by atoms with E-state index in [1.807, 2.05) is 75.0 Å². The lowest BCUT2D eigenvalue weighted by molar-refractivity contribution is -0.129. The number of carbonyl (C=O) groups excluding carboxylic acids is 5. The molecule has 2 aromatic rings. The van der Waals surface area contributed by atoms with Gasteiger partial charge in [0.05, 0.1) is 31.4 Å². The van der Waals surface area contributed by atoms with E-state index in [4.69, 9.17) is 19.3 Å². The van der Waals surface area contributed by atoms with Gasteiger partial charge >= 0.3 is 0 Å². The van der Waals surface area contributed by atoms with E-state index < -0.39 is 6.04 Å². The van der Waals surface area contributed by atoms with Crippen LogP contribution in [0.3, 0.4) is 0 Å². The van der Waals surface area contributed by atoms with E-state index in [2.05, 4.69) is 94.2 Å². The van der Waals surface area contributed by atoms with Crippen LogP contribution in [0.4, 0.5) is 0 Å². The molecule has 3 N–H and O–H groups in total. The number of nitrogens with zero attached hydrogens (tertiary/aromatic N) is 2. The summed E-state index contributed by atoms with van der Waals surface area (Å²) in [7, 11) is 4.94. The van der Waals surface area contributed by atoms with Gasteiger partial charge in [-0.25, -0.2) is 4.98 Å². The molecule has 346 valence electrons. The number of ether oxygens (including phenoxy) is 2. The number of terminal acetylenes is 3. The average molecular weight is 870 g/mol. The molecule has 1 saturated carbocycles. The molecular formula is C51H75N5O7. The highest BCUT2D eigenvalue weighted by atomic mass is 16.5. The number of carbonyl (C=O) groups is 5. The zero-order chi connectivity index (χ0) is 49.8. The molecule has 1 unspecified atom stereocenters. The monoisotopic (exact) mass is 870 g/mol. The van der Waals surface area contributed by atoms with Gasteiger partial charge < -0.3 is 39.9 Å². The third kappa shape index (κ3) is 30.1. The number of hydrogen-bond acceptors (Lipinski definition) is 9. The predicted octanol–water partition coefficient (Wildman–Crippen LogP) is 7.65. The van der Waals surface area contributed by atoms with Crippen molar-refractivity contribution < 1.29 is 33.4 Å². The number of fused-ring (bicyclic) bond motifs is 1. The maximum absolute atomic E-state index is 12.2. The average Bonchev–Trinajstić information content (AvgIpc) is 4.02. The fraction of sp³-hybridized carbons (Fsp3) is 0.431. The van der Waals surface area contributed by atoms with Crippen molar-refractivity contribution >= 4 is 47.8 Å². The first-order valence-electron chi connectivity index (χ1n) is 20.5. The number of likely N-dealkylation sites (tertiary alicyclic amines) is 1. The minimum Gasteiger partial charge on any atom is -0.497 e. The summed E-state index contributed by atoms with van der Waals surface area (Å²) < 4.78 is 11.8. The minimum absolute atomic E-state index is 0.0556. The maximum atomic E-state index is 12.2. The number of benzene rings is 1. The van der Waals surface area contributed by atoms with Crippen LogP contribution in [0.5, 0.6) is 11.5 Å². The van der Waals surface area contributed by atoms with Crippen molar-refractivity contribution in [3.63, 3.8) is 0 Å². The van der Waals surface area contributed by atoms with Gasteiger partial charge in [0.25, 0.3) is 0 Å². The lowest BCUT2D eigenvalue weighted by Gasteiger charge is -2.19. The van der Waals surface area contributed by atoms with Gasteiger partial charge in [0, 0.05) is 49.9 Å². The van der Waals surface area contributed by atoms with Gasteiger partial charge in [0.1, 0.15) is 36.7 Å². The molecule has 1 aliphatic heterocycles. The van der Waals surface area contributed by atoms with Gasteiger partial charge in [0.15, 0.2) is 0 Å². The van der Waals surface area contributed by atoms with Crippen molar-refractivity contribution in [2.24, 2.45) is 17.8 Å². The number of aromatic nitrogens is 1. The first-order valence-corrected chi connectivity index (χ1v) is 20.5. The van der Waals surface area contributed by atoms with Crippen LogP contribution in [-0.4, -0.2) is 94.2 Å². The van der Waals surface area contributed by atoms with Crippen molar-refractivity contribution in [1.82, 2.24) is 25.8 Å². The van der Waals surface area contributed by atoms with Crippen molar-refractivity contribution in [2.75, 3.05) is 40.8 Å². The molecule has 2 aliphatic rings. The molecule has 2 fully saturated rings. The zero-order valence-electron chi connectivity index (χ0n) is 39.5. The topological polar surface area (TPSA) is 156 Å². The number of pyridine rings is 1. The number of hydrogen-bond donors (Lipinski definition) is 3. The molecule has 2 heterocycles. The van der Waals surface area contributed by atoms with Gasteiger partial charge in [-0.05, 0) is 62.4 Å². The van der Waals surface area contributed by atoms with Crippen LogP contribution in [0.1, 0.15) is 79.8 Å². The number of nitrogens with one attached hydrogen (secondary N) is 3. The SMILES string of the molecule is C#C.C#C.C#C.C=C/C=C(\C=C/C)c1cc(O[C@@H]2CCN(C(=O)CNC)C2)c2ccc(OC)cc2n1.C=C=C[C@H](C)C(NC=O)C(=O)NC.C=O.CC.CC(C)C.O=CCC1CC1. The van der Waals surface area contributed by atoms with Crippen LogP contribution >= 0.6 is 0 Å². The number of amides is 3. The molecule has 3 atom stereocenters. The van der Waals surface area contributed by atoms with Crippen LogP contribution in [0, 0.1) is 56.3 Å². The Labute approximate surface area is 380 Å². The molecule has 1 aromatic carbocycles. The Bertz CT molecular complexity index is 1720. The number of likely N-dealkylation sites (N-methyl/N-ethyl adjacent to an activating group) is 2. The molecule has 1 saturated heterocycles. The van der Waals surface area contributed by atoms with E-state index in [1.54, 1.807) is 33.2 Å². The lowest BCUT2D eigenvalue weighted by atomic mass is 10.0. The van der Waals surface area contributed by atoms with Crippen LogP contribution < -0.4 is 25.4 Å². The summed E-state index contributed by atoms with van der Waals surface area (Å²) in [5.74, 6) is 2.85. The molecule has 3 amide bonds. The van der Waals surface area contributed by atoms with Gasteiger partial charge in [-0.2, -0.15) is 0 Å². The molecular weight excluding hydrogens is 795 g/mol. The Morgan fingerprint density at radius 2 is 1.59 bits per heavy atom.